The summed E-state index contributed by atoms with van der Waals surface area (Å²) in [6.45, 7) is 3.16. The number of thiophene rings is 1. The highest BCUT2D eigenvalue weighted by Crippen LogP contribution is 2.22. The minimum Gasteiger partial charge on any atom is -0.467 e. The summed E-state index contributed by atoms with van der Waals surface area (Å²) >= 11 is 6.89. The second-order valence-corrected chi connectivity index (χ2v) is 7.36. The van der Waals surface area contributed by atoms with Crippen LogP contribution in [0.15, 0.2) is 12.1 Å². The van der Waals surface area contributed by atoms with Crippen molar-refractivity contribution >= 4 is 46.6 Å². The van der Waals surface area contributed by atoms with Gasteiger partial charge < -0.3 is 14.8 Å². The zero-order chi connectivity index (χ0) is 19.7. The van der Waals surface area contributed by atoms with Crippen molar-refractivity contribution in [3.8, 4) is 0 Å². The number of carbonyl (C=O) groups is 4. The fourth-order valence-electron chi connectivity index (χ4n) is 2.03. The molecule has 0 saturated carbocycles. The molecule has 0 bridgehead atoms. The number of halogens is 1. The van der Waals surface area contributed by atoms with Crippen LogP contribution in [0.4, 0.5) is 0 Å². The standard InChI is InChI=1S/C17H22ClNO6S/c1-4-10(2)16(17(23)24-3)19-14(21)9-25-15(22)8-5-11(20)12-6-7-13(18)26-12/h6-7,10,16H,4-5,8-9H2,1-3H3,(H,19,21)/t10-,16-/m1/s1. The summed E-state index contributed by atoms with van der Waals surface area (Å²) in [6.07, 6.45) is 0.483. The largest absolute Gasteiger partial charge is 0.467 e. The number of hydrogen-bond donors (Lipinski definition) is 1. The molecule has 144 valence electrons. The van der Waals surface area contributed by atoms with Crippen LogP contribution in [-0.4, -0.2) is 43.4 Å². The Hall–Kier alpha value is -1.93. The molecule has 0 spiro atoms. The minimum atomic E-state index is -0.804. The predicted molar refractivity (Wildman–Crippen MR) is 97.3 cm³/mol. The Morgan fingerprint density at radius 1 is 1.23 bits per heavy atom. The first kappa shape index (κ1) is 22.1. The maximum Gasteiger partial charge on any atom is 0.328 e. The van der Waals surface area contributed by atoms with Crippen molar-refractivity contribution < 1.29 is 28.7 Å². The fourth-order valence-corrected chi connectivity index (χ4v) is 3.04. The molecule has 2 atom stereocenters. The number of ether oxygens (including phenoxy) is 2. The van der Waals surface area contributed by atoms with E-state index in [0.717, 1.165) is 11.3 Å². The fraction of sp³-hybridized carbons (Fsp3) is 0.529. The topological polar surface area (TPSA) is 98.8 Å². The van der Waals surface area contributed by atoms with Gasteiger partial charge in [-0.25, -0.2) is 4.79 Å². The van der Waals surface area contributed by atoms with E-state index in [1.807, 2.05) is 6.92 Å². The summed E-state index contributed by atoms with van der Waals surface area (Å²) in [5.74, 6) is -2.18. The molecule has 0 unspecified atom stereocenters. The number of carbonyl (C=O) groups excluding carboxylic acids is 4. The molecule has 0 fully saturated rings. The number of amides is 1. The Kier molecular flexibility index (Phi) is 9.29. The second kappa shape index (κ2) is 10.9. The number of hydrogen-bond acceptors (Lipinski definition) is 7. The van der Waals surface area contributed by atoms with Crippen LogP contribution in [0.25, 0.3) is 0 Å². The van der Waals surface area contributed by atoms with Crippen molar-refractivity contribution in [2.24, 2.45) is 5.92 Å². The van der Waals surface area contributed by atoms with Crippen LogP contribution in [-0.2, 0) is 23.9 Å². The van der Waals surface area contributed by atoms with Crippen molar-refractivity contribution in [2.75, 3.05) is 13.7 Å². The minimum absolute atomic E-state index is 0.0328. The van der Waals surface area contributed by atoms with Crippen molar-refractivity contribution in [2.45, 2.75) is 39.2 Å². The summed E-state index contributed by atoms with van der Waals surface area (Å²) in [5, 5.41) is 2.50. The first-order valence-electron chi connectivity index (χ1n) is 8.09. The zero-order valence-electron chi connectivity index (χ0n) is 14.9. The molecule has 1 rings (SSSR count). The van der Waals surface area contributed by atoms with Crippen LogP contribution in [0.1, 0.15) is 42.8 Å². The van der Waals surface area contributed by atoms with Gasteiger partial charge in [-0.15, -0.1) is 11.3 Å². The van der Waals surface area contributed by atoms with Gasteiger partial charge in [-0.1, -0.05) is 31.9 Å². The molecule has 1 aromatic heterocycles. The van der Waals surface area contributed by atoms with Gasteiger partial charge in [0.05, 0.1) is 22.7 Å². The number of ketones is 1. The van der Waals surface area contributed by atoms with Crippen LogP contribution < -0.4 is 5.32 Å². The highest BCUT2D eigenvalue weighted by molar-refractivity contribution is 7.18. The zero-order valence-corrected chi connectivity index (χ0v) is 16.4. The SMILES string of the molecule is CC[C@@H](C)[C@@H](NC(=O)COC(=O)CCC(=O)c1ccc(Cl)s1)C(=O)OC. The maximum absolute atomic E-state index is 11.9. The van der Waals surface area contributed by atoms with Gasteiger partial charge in [-0.3, -0.25) is 14.4 Å². The first-order chi connectivity index (χ1) is 12.3. The van der Waals surface area contributed by atoms with E-state index in [0.29, 0.717) is 15.6 Å². The third-order valence-corrected chi connectivity index (χ3v) is 5.03. The van der Waals surface area contributed by atoms with Gasteiger partial charge in [0, 0.05) is 6.42 Å². The lowest BCUT2D eigenvalue weighted by molar-refractivity contribution is -0.151. The van der Waals surface area contributed by atoms with E-state index in [2.05, 4.69) is 10.1 Å². The Labute approximate surface area is 161 Å². The van der Waals surface area contributed by atoms with Crippen LogP contribution >= 0.6 is 22.9 Å². The third-order valence-electron chi connectivity index (χ3n) is 3.75. The molecule has 1 amide bonds. The average molecular weight is 404 g/mol. The van der Waals surface area contributed by atoms with Gasteiger partial charge in [0.15, 0.2) is 12.4 Å². The highest BCUT2D eigenvalue weighted by Gasteiger charge is 2.27. The van der Waals surface area contributed by atoms with Crippen molar-refractivity contribution in [3.63, 3.8) is 0 Å². The summed E-state index contributed by atoms with van der Waals surface area (Å²) in [5.41, 5.74) is 0. The lowest BCUT2D eigenvalue weighted by Crippen LogP contribution is -2.47. The highest BCUT2D eigenvalue weighted by atomic mass is 35.5. The number of methoxy groups -OCH3 is 1. The van der Waals surface area contributed by atoms with Crippen LogP contribution in [0.5, 0.6) is 0 Å². The quantitative estimate of drug-likeness (QED) is 0.476. The van der Waals surface area contributed by atoms with Crippen molar-refractivity contribution in [1.29, 1.82) is 0 Å². The van der Waals surface area contributed by atoms with Crippen molar-refractivity contribution in [1.82, 2.24) is 5.32 Å². The van der Waals surface area contributed by atoms with Gasteiger partial charge in [0.25, 0.3) is 5.91 Å². The Morgan fingerprint density at radius 3 is 2.46 bits per heavy atom. The number of Topliss-reactive ketones (excluding diaryl/α,β-unsaturated/α-hetero) is 1. The number of esters is 2. The number of rotatable bonds is 10. The molecule has 9 heteroatoms. The van der Waals surface area contributed by atoms with Gasteiger partial charge in [0.2, 0.25) is 0 Å². The predicted octanol–water partition coefficient (Wildman–Crippen LogP) is 2.61. The van der Waals surface area contributed by atoms with Gasteiger partial charge >= 0.3 is 11.9 Å². The summed E-state index contributed by atoms with van der Waals surface area (Å²) < 4.78 is 10.0. The number of nitrogens with one attached hydrogen (secondary N) is 1. The molecule has 0 radical (unpaired) electrons. The molecule has 0 aliphatic carbocycles. The van der Waals surface area contributed by atoms with Gasteiger partial charge in [-0.05, 0) is 18.1 Å². The average Bonchev–Trinajstić information content (AvgIpc) is 3.07. The third kappa shape index (κ3) is 7.13. The van der Waals surface area contributed by atoms with Gasteiger partial charge in [0.1, 0.15) is 6.04 Å². The molecule has 26 heavy (non-hydrogen) atoms. The lowest BCUT2D eigenvalue weighted by Gasteiger charge is -2.21. The van der Waals surface area contributed by atoms with Crippen LogP contribution in [0.2, 0.25) is 4.34 Å². The van der Waals surface area contributed by atoms with E-state index in [4.69, 9.17) is 16.3 Å². The maximum atomic E-state index is 11.9. The molecule has 0 saturated heterocycles. The molecule has 0 aromatic carbocycles. The van der Waals surface area contributed by atoms with Crippen LogP contribution in [0, 0.1) is 5.92 Å². The lowest BCUT2D eigenvalue weighted by atomic mass is 9.99. The van der Waals surface area contributed by atoms with E-state index in [1.54, 1.807) is 19.1 Å². The summed E-state index contributed by atoms with van der Waals surface area (Å²) in [4.78, 5) is 47.6. The Bertz CT molecular complexity index is 659. The van der Waals surface area contributed by atoms with E-state index < -0.39 is 30.5 Å². The second-order valence-electron chi connectivity index (χ2n) is 5.64. The monoisotopic (exact) mass is 403 g/mol. The molecular formula is C17H22ClNO6S. The Morgan fingerprint density at radius 2 is 1.92 bits per heavy atom. The normalized spacial score (nSPS) is 12.8. The van der Waals surface area contributed by atoms with E-state index >= 15 is 0 Å². The Balaban J connectivity index is 2.39. The molecule has 0 aliphatic rings. The molecule has 0 aliphatic heterocycles. The molecule has 1 aromatic rings. The smallest absolute Gasteiger partial charge is 0.328 e. The molecule has 7 nitrogen and oxygen atoms in total. The summed E-state index contributed by atoms with van der Waals surface area (Å²) in [6, 6.07) is 2.40. The van der Waals surface area contributed by atoms with Crippen LogP contribution in [0.3, 0.4) is 0 Å². The van der Waals surface area contributed by atoms with Gasteiger partial charge in [-0.2, -0.15) is 0 Å². The van der Waals surface area contributed by atoms with E-state index in [9.17, 15) is 19.2 Å². The van der Waals surface area contributed by atoms with E-state index in [1.165, 1.54) is 7.11 Å². The molecular weight excluding hydrogens is 382 g/mol. The molecule has 1 N–H and O–H groups in total. The van der Waals surface area contributed by atoms with Crippen molar-refractivity contribution in [3.05, 3.63) is 21.3 Å². The summed E-state index contributed by atoms with van der Waals surface area (Å²) in [7, 11) is 1.24. The molecule has 1 heterocycles. The first-order valence-corrected chi connectivity index (χ1v) is 9.29. The van der Waals surface area contributed by atoms with E-state index in [-0.39, 0.29) is 24.5 Å².